The Bertz CT molecular complexity index is 863. The van der Waals surface area contributed by atoms with E-state index in [1.54, 1.807) is 13.2 Å². The van der Waals surface area contributed by atoms with Gasteiger partial charge in [0, 0.05) is 25.2 Å². The van der Waals surface area contributed by atoms with Crippen LogP contribution in [0.15, 0.2) is 53.5 Å². The number of anilines is 1. The van der Waals surface area contributed by atoms with Gasteiger partial charge in [0.15, 0.2) is 17.5 Å². The van der Waals surface area contributed by atoms with Crippen molar-refractivity contribution in [2.24, 2.45) is 4.99 Å². The number of hydrogen-bond acceptors (Lipinski definition) is 5. The van der Waals surface area contributed by atoms with Crippen LogP contribution >= 0.6 is 24.0 Å². The Kier molecular flexibility index (Phi) is 13.0. The van der Waals surface area contributed by atoms with Gasteiger partial charge >= 0.3 is 0 Å². The minimum Gasteiger partial charge on any atom is -0.493 e. The van der Waals surface area contributed by atoms with Crippen LogP contribution in [-0.4, -0.2) is 51.3 Å². The van der Waals surface area contributed by atoms with Crippen LogP contribution < -0.4 is 30.2 Å². The average molecular weight is 556 g/mol. The predicted octanol–water partition coefficient (Wildman–Crippen LogP) is 3.67. The maximum absolute atomic E-state index is 11.2. The van der Waals surface area contributed by atoms with E-state index in [0.717, 1.165) is 6.54 Å². The van der Waals surface area contributed by atoms with E-state index in [1.807, 2.05) is 56.3 Å². The number of carbonyl (C=O) groups is 1. The number of benzene rings is 2. The fourth-order valence-electron chi connectivity index (χ4n) is 2.74. The Morgan fingerprint density at radius 2 is 1.84 bits per heavy atom. The van der Waals surface area contributed by atoms with Gasteiger partial charge in [-0.05, 0) is 38.1 Å². The number of rotatable bonds is 11. The van der Waals surface area contributed by atoms with Crippen LogP contribution in [0.25, 0.3) is 0 Å². The molecule has 1 unspecified atom stereocenters. The van der Waals surface area contributed by atoms with E-state index in [0.29, 0.717) is 48.6 Å². The second-order valence-electron chi connectivity index (χ2n) is 6.78. The molecule has 2 aromatic rings. The van der Waals surface area contributed by atoms with Crippen molar-refractivity contribution in [3.8, 4) is 17.2 Å². The summed E-state index contributed by atoms with van der Waals surface area (Å²) in [6.45, 7) is 7.68. The molecule has 9 heteroatoms. The number of hydrogen-bond donors (Lipinski definition) is 3. The highest BCUT2D eigenvalue weighted by Crippen LogP contribution is 2.26. The maximum atomic E-state index is 11.2. The minimum atomic E-state index is -0.125. The highest BCUT2D eigenvalue weighted by molar-refractivity contribution is 14.0. The maximum Gasteiger partial charge on any atom is 0.221 e. The SMILES string of the molecule is CCNC(=NCC(C)Oc1ccccc1OC)NCCOc1cccc(NC(C)=O)c1.I. The molecule has 0 fully saturated rings. The van der Waals surface area contributed by atoms with E-state index in [9.17, 15) is 4.79 Å². The van der Waals surface area contributed by atoms with Gasteiger partial charge in [-0.15, -0.1) is 24.0 Å². The van der Waals surface area contributed by atoms with Crippen molar-refractivity contribution in [3.05, 3.63) is 48.5 Å². The normalized spacial score (nSPS) is 11.6. The average Bonchev–Trinajstić information content (AvgIpc) is 2.75. The lowest BCUT2D eigenvalue weighted by Crippen LogP contribution is -2.40. The van der Waals surface area contributed by atoms with Crippen molar-refractivity contribution in [1.29, 1.82) is 0 Å². The Morgan fingerprint density at radius 3 is 2.53 bits per heavy atom. The topological polar surface area (TPSA) is 93.2 Å². The molecule has 8 nitrogen and oxygen atoms in total. The van der Waals surface area contributed by atoms with E-state index >= 15 is 0 Å². The van der Waals surface area contributed by atoms with Crippen molar-refractivity contribution < 1.29 is 19.0 Å². The van der Waals surface area contributed by atoms with Gasteiger partial charge in [0.2, 0.25) is 5.91 Å². The van der Waals surface area contributed by atoms with Gasteiger partial charge in [-0.3, -0.25) is 4.79 Å². The summed E-state index contributed by atoms with van der Waals surface area (Å²) in [5.41, 5.74) is 0.705. The van der Waals surface area contributed by atoms with Crippen LogP contribution in [0.3, 0.4) is 0 Å². The van der Waals surface area contributed by atoms with Gasteiger partial charge in [-0.2, -0.15) is 0 Å². The molecule has 0 saturated carbocycles. The van der Waals surface area contributed by atoms with E-state index in [4.69, 9.17) is 14.2 Å². The number of aliphatic imine (C=N–C) groups is 1. The number of halogens is 1. The molecule has 3 N–H and O–H groups in total. The largest absolute Gasteiger partial charge is 0.493 e. The standard InChI is InChI=1S/C23H32N4O4.HI/c1-5-24-23(26-16-17(2)31-22-12-7-6-11-21(22)29-4)25-13-14-30-20-10-8-9-19(15-20)27-18(3)28;/h6-12,15,17H,5,13-14,16H2,1-4H3,(H,27,28)(H2,24,25,26);1H. The van der Waals surface area contributed by atoms with Crippen molar-refractivity contribution >= 4 is 41.5 Å². The number of para-hydroxylation sites is 2. The summed E-state index contributed by atoms with van der Waals surface area (Å²) in [5.74, 6) is 2.65. The summed E-state index contributed by atoms with van der Waals surface area (Å²) in [7, 11) is 1.62. The van der Waals surface area contributed by atoms with Crippen molar-refractivity contribution in [2.45, 2.75) is 26.9 Å². The number of methoxy groups -OCH3 is 1. The fourth-order valence-corrected chi connectivity index (χ4v) is 2.74. The molecule has 32 heavy (non-hydrogen) atoms. The quantitative estimate of drug-likeness (QED) is 0.169. The van der Waals surface area contributed by atoms with Crippen LogP contribution in [0, 0.1) is 0 Å². The van der Waals surface area contributed by atoms with Crippen LogP contribution in [-0.2, 0) is 4.79 Å². The molecule has 1 atom stereocenters. The Balaban J connectivity index is 0.00000512. The molecule has 0 radical (unpaired) electrons. The van der Waals surface area contributed by atoms with E-state index in [1.165, 1.54) is 6.92 Å². The summed E-state index contributed by atoms with van der Waals surface area (Å²) in [6.07, 6.45) is -0.125. The van der Waals surface area contributed by atoms with E-state index < -0.39 is 0 Å². The summed E-state index contributed by atoms with van der Waals surface area (Å²) in [6, 6.07) is 14.8. The number of guanidine groups is 1. The van der Waals surface area contributed by atoms with Gasteiger partial charge < -0.3 is 30.2 Å². The molecule has 0 heterocycles. The number of amides is 1. The highest BCUT2D eigenvalue weighted by Gasteiger charge is 2.08. The monoisotopic (exact) mass is 556 g/mol. The first-order chi connectivity index (χ1) is 15.0. The van der Waals surface area contributed by atoms with Gasteiger partial charge in [-0.1, -0.05) is 18.2 Å². The molecule has 0 aliphatic rings. The predicted molar refractivity (Wildman–Crippen MR) is 139 cm³/mol. The third kappa shape index (κ3) is 10.1. The van der Waals surface area contributed by atoms with Crippen molar-refractivity contribution in [1.82, 2.24) is 10.6 Å². The lowest BCUT2D eigenvalue weighted by Gasteiger charge is -2.17. The fraction of sp³-hybridized carbons (Fsp3) is 0.391. The first kappa shape index (κ1) is 27.3. The smallest absolute Gasteiger partial charge is 0.221 e. The molecule has 2 aromatic carbocycles. The molecule has 2 rings (SSSR count). The molecule has 0 bridgehead atoms. The number of nitrogens with one attached hydrogen (secondary N) is 3. The Morgan fingerprint density at radius 1 is 1.09 bits per heavy atom. The van der Waals surface area contributed by atoms with Gasteiger partial charge in [-0.25, -0.2) is 4.99 Å². The number of nitrogens with zero attached hydrogens (tertiary/aromatic N) is 1. The number of carbonyl (C=O) groups excluding carboxylic acids is 1. The third-order valence-electron chi connectivity index (χ3n) is 4.07. The summed E-state index contributed by atoms with van der Waals surface area (Å²) < 4.78 is 17.0. The van der Waals surface area contributed by atoms with Crippen LogP contribution in [0.1, 0.15) is 20.8 Å². The lowest BCUT2D eigenvalue weighted by atomic mass is 10.3. The molecule has 1 amide bonds. The van der Waals surface area contributed by atoms with Crippen LogP contribution in [0.4, 0.5) is 5.69 Å². The zero-order valence-electron chi connectivity index (χ0n) is 19.0. The zero-order chi connectivity index (χ0) is 22.5. The van der Waals surface area contributed by atoms with E-state index in [-0.39, 0.29) is 36.0 Å². The van der Waals surface area contributed by atoms with Crippen molar-refractivity contribution in [2.75, 3.05) is 38.7 Å². The van der Waals surface area contributed by atoms with Gasteiger partial charge in [0.25, 0.3) is 0 Å². The minimum absolute atomic E-state index is 0. The lowest BCUT2D eigenvalue weighted by molar-refractivity contribution is -0.114. The zero-order valence-corrected chi connectivity index (χ0v) is 21.3. The first-order valence-corrected chi connectivity index (χ1v) is 10.3. The second kappa shape index (κ2) is 15.2. The third-order valence-corrected chi connectivity index (χ3v) is 4.07. The van der Waals surface area contributed by atoms with Crippen molar-refractivity contribution in [3.63, 3.8) is 0 Å². The molecule has 0 saturated heterocycles. The van der Waals surface area contributed by atoms with E-state index in [2.05, 4.69) is 20.9 Å². The Labute approximate surface area is 207 Å². The molecule has 0 aliphatic carbocycles. The van der Waals surface area contributed by atoms with Crippen LogP contribution in [0.2, 0.25) is 0 Å². The summed E-state index contributed by atoms with van der Waals surface area (Å²) in [5, 5.41) is 9.19. The second-order valence-corrected chi connectivity index (χ2v) is 6.78. The molecule has 176 valence electrons. The van der Waals surface area contributed by atoms with Crippen LogP contribution in [0.5, 0.6) is 17.2 Å². The van der Waals surface area contributed by atoms with Gasteiger partial charge in [0.05, 0.1) is 20.2 Å². The molecular formula is C23H33IN4O4. The Hall–Kier alpha value is -2.69. The molecule has 0 aliphatic heterocycles. The summed E-state index contributed by atoms with van der Waals surface area (Å²) >= 11 is 0. The highest BCUT2D eigenvalue weighted by atomic mass is 127. The molecular weight excluding hydrogens is 523 g/mol. The first-order valence-electron chi connectivity index (χ1n) is 10.3. The molecule has 0 aromatic heterocycles. The molecule has 0 spiro atoms. The summed E-state index contributed by atoms with van der Waals surface area (Å²) in [4.78, 5) is 15.7. The van der Waals surface area contributed by atoms with Gasteiger partial charge in [0.1, 0.15) is 18.5 Å². The number of ether oxygens (including phenoxy) is 3.